The molecular formula is C24H29FN2O6. The predicted octanol–water partition coefficient (Wildman–Crippen LogP) is 3.57. The average molecular weight is 461 g/mol. The molecule has 0 spiro atoms. The maximum atomic E-state index is 13.5. The molecule has 178 valence electrons. The van der Waals surface area contributed by atoms with Crippen molar-refractivity contribution in [3.63, 3.8) is 0 Å². The van der Waals surface area contributed by atoms with E-state index >= 15 is 0 Å². The fourth-order valence-corrected chi connectivity index (χ4v) is 3.20. The summed E-state index contributed by atoms with van der Waals surface area (Å²) in [5.41, 5.74) is 3.10. The molecule has 2 rings (SSSR count). The van der Waals surface area contributed by atoms with E-state index in [0.29, 0.717) is 59.8 Å². The lowest BCUT2D eigenvalue weighted by Crippen LogP contribution is -2.25. The molecule has 2 aromatic rings. The fourth-order valence-electron chi connectivity index (χ4n) is 3.20. The van der Waals surface area contributed by atoms with Crippen LogP contribution < -0.4 is 25.0 Å². The second-order valence-electron chi connectivity index (χ2n) is 7.13. The Morgan fingerprint density at radius 1 is 0.970 bits per heavy atom. The Bertz CT molecular complexity index is 950. The number of unbranched alkanes of at least 4 members (excludes halogenated alkanes) is 2. The Balaban J connectivity index is 2.24. The van der Waals surface area contributed by atoms with Gasteiger partial charge in [-0.1, -0.05) is 18.6 Å². The van der Waals surface area contributed by atoms with Gasteiger partial charge in [0.05, 0.1) is 21.3 Å². The summed E-state index contributed by atoms with van der Waals surface area (Å²) >= 11 is 0. The molecule has 3 N–H and O–H groups in total. The van der Waals surface area contributed by atoms with Gasteiger partial charge in [0.1, 0.15) is 5.82 Å². The van der Waals surface area contributed by atoms with E-state index in [0.717, 1.165) is 0 Å². The minimum absolute atomic E-state index is 0.215. The number of hydrogen-bond donors (Lipinski definition) is 3. The normalized spacial score (nSPS) is 11.0. The standard InChI is InChI=1S/C24H29FN2O6/c1-31-20-14-16(15-21(32-2)23(20)33-3)13-19(17-8-10-18(25)11-9-17)24(29)26-12-6-4-5-7-22(28)27-30/h8-11,13-15,30H,4-7,12H2,1-3H3,(H,26,29)(H,27,28). The number of halogens is 1. The Morgan fingerprint density at radius 2 is 1.61 bits per heavy atom. The highest BCUT2D eigenvalue weighted by Gasteiger charge is 2.16. The first-order valence-corrected chi connectivity index (χ1v) is 10.4. The number of benzene rings is 2. The maximum absolute atomic E-state index is 13.5. The van der Waals surface area contributed by atoms with Gasteiger partial charge in [0.15, 0.2) is 11.5 Å². The number of carbonyl (C=O) groups is 2. The first-order valence-electron chi connectivity index (χ1n) is 10.4. The van der Waals surface area contributed by atoms with Gasteiger partial charge >= 0.3 is 0 Å². The van der Waals surface area contributed by atoms with Gasteiger partial charge in [0.25, 0.3) is 5.91 Å². The summed E-state index contributed by atoms with van der Waals surface area (Å²) in [4.78, 5) is 24.0. The topological polar surface area (TPSA) is 106 Å². The van der Waals surface area contributed by atoms with Crippen LogP contribution >= 0.6 is 0 Å². The lowest BCUT2D eigenvalue weighted by Gasteiger charge is -2.14. The third-order valence-electron chi connectivity index (χ3n) is 4.89. The van der Waals surface area contributed by atoms with Crippen LogP contribution in [0.15, 0.2) is 36.4 Å². The van der Waals surface area contributed by atoms with E-state index in [1.54, 1.807) is 23.7 Å². The summed E-state index contributed by atoms with van der Waals surface area (Å²) in [5.74, 6) is 0.134. The molecule has 0 aliphatic rings. The number of rotatable bonds is 12. The molecular weight excluding hydrogens is 431 g/mol. The molecule has 0 saturated heterocycles. The van der Waals surface area contributed by atoms with E-state index in [9.17, 15) is 14.0 Å². The van der Waals surface area contributed by atoms with Crippen LogP contribution in [0.5, 0.6) is 17.2 Å². The molecule has 9 heteroatoms. The van der Waals surface area contributed by atoms with Gasteiger partial charge in [0.2, 0.25) is 11.7 Å². The van der Waals surface area contributed by atoms with Gasteiger partial charge in [-0.3, -0.25) is 14.8 Å². The molecule has 8 nitrogen and oxygen atoms in total. The quantitative estimate of drug-likeness (QED) is 0.147. The number of amides is 2. The number of hydrogen-bond acceptors (Lipinski definition) is 6. The number of methoxy groups -OCH3 is 3. The van der Waals surface area contributed by atoms with Crippen molar-refractivity contribution in [2.75, 3.05) is 27.9 Å². The van der Waals surface area contributed by atoms with E-state index < -0.39 is 11.7 Å². The highest BCUT2D eigenvalue weighted by atomic mass is 19.1. The second kappa shape index (κ2) is 13.1. The van der Waals surface area contributed by atoms with Gasteiger partial charge in [-0.15, -0.1) is 0 Å². The summed E-state index contributed by atoms with van der Waals surface area (Å²) in [6.07, 6.45) is 3.83. The lowest BCUT2D eigenvalue weighted by atomic mass is 10.0. The third-order valence-corrected chi connectivity index (χ3v) is 4.89. The van der Waals surface area contributed by atoms with Crippen molar-refractivity contribution in [2.24, 2.45) is 0 Å². The van der Waals surface area contributed by atoms with E-state index in [1.165, 1.54) is 45.6 Å². The fraction of sp³-hybridized carbons (Fsp3) is 0.333. The van der Waals surface area contributed by atoms with Gasteiger partial charge in [0, 0.05) is 18.5 Å². The van der Waals surface area contributed by atoms with Crippen LogP contribution in [0.1, 0.15) is 36.8 Å². The smallest absolute Gasteiger partial charge is 0.251 e. The third kappa shape index (κ3) is 7.50. The predicted molar refractivity (Wildman–Crippen MR) is 122 cm³/mol. The summed E-state index contributed by atoms with van der Waals surface area (Å²) in [7, 11) is 4.51. The van der Waals surface area contributed by atoms with Crippen LogP contribution in [0, 0.1) is 5.82 Å². The lowest BCUT2D eigenvalue weighted by molar-refractivity contribution is -0.129. The zero-order chi connectivity index (χ0) is 24.2. The Morgan fingerprint density at radius 3 is 2.15 bits per heavy atom. The minimum atomic E-state index is -0.439. The van der Waals surface area contributed by atoms with Crippen molar-refractivity contribution < 1.29 is 33.4 Å². The average Bonchev–Trinajstić information content (AvgIpc) is 2.84. The van der Waals surface area contributed by atoms with Crippen LogP contribution in [0.4, 0.5) is 4.39 Å². The number of nitrogens with one attached hydrogen (secondary N) is 2. The molecule has 0 fully saturated rings. The molecule has 0 heterocycles. The largest absolute Gasteiger partial charge is 0.493 e. The van der Waals surface area contributed by atoms with Crippen LogP contribution in [-0.2, 0) is 9.59 Å². The Hall–Kier alpha value is -3.59. The van der Waals surface area contributed by atoms with Gasteiger partial charge in [-0.25, -0.2) is 9.87 Å². The first-order chi connectivity index (χ1) is 15.9. The Labute approximate surface area is 192 Å². The van der Waals surface area contributed by atoms with Crippen molar-refractivity contribution >= 4 is 23.5 Å². The zero-order valence-corrected chi connectivity index (χ0v) is 18.9. The summed E-state index contributed by atoms with van der Waals surface area (Å²) in [5, 5.41) is 11.4. The highest BCUT2D eigenvalue weighted by molar-refractivity contribution is 6.24. The molecule has 0 unspecified atom stereocenters. The van der Waals surface area contributed by atoms with Crippen molar-refractivity contribution in [2.45, 2.75) is 25.7 Å². The van der Waals surface area contributed by atoms with E-state index in [4.69, 9.17) is 19.4 Å². The summed E-state index contributed by atoms with van der Waals surface area (Å²) < 4.78 is 29.6. The summed E-state index contributed by atoms with van der Waals surface area (Å²) in [6.45, 7) is 0.396. The molecule has 0 aliphatic carbocycles. The molecule has 0 bridgehead atoms. The molecule has 33 heavy (non-hydrogen) atoms. The van der Waals surface area contributed by atoms with Crippen molar-refractivity contribution in [3.8, 4) is 17.2 Å². The Kier molecular flexibility index (Phi) is 10.2. The van der Waals surface area contributed by atoms with E-state index in [1.807, 2.05) is 0 Å². The molecule has 0 aromatic heterocycles. The zero-order valence-electron chi connectivity index (χ0n) is 18.9. The maximum Gasteiger partial charge on any atom is 0.251 e. The van der Waals surface area contributed by atoms with Crippen molar-refractivity contribution in [1.82, 2.24) is 10.8 Å². The van der Waals surface area contributed by atoms with Gasteiger partial charge in [-0.2, -0.15) is 0 Å². The van der Waals surface area contributed by atoms with E-state index in [-0.39, 0.29) is 12.3 Å². The van der Waals surface area contributed by atoms with Crippen molar-refractivity contribution in [1.29, 1.82) is 0 Å². The monoisotopic (exact) mass is 460 g/mol. The highest BCUT2D eigenvalue weighted by Crippen LogP contribution is 2.39. The molecule has 0 saturated carbocycles. The first kappa shape index (κ1) is 25.7. The van der Waals surface area contributed by atoms with Crippen LogP contribution in [0.2, 0.25) is 0 Å². The second-order valence-corrected chi connectivity index (χ2v) is 7.13. The molecule has 2 amide bonds. The molecule has 2 aromatic carbocycles. The van der Waals surface area contributed by atoms with E-state index in [2.05, 4.69) is 5.32 Å². The number of carbonyl (C=O) groups excluding carboxylic acids is 2. The molecule has 0 aliphatic heterocycles. The van der Waals surface area contributed by atoms with Crippen molar-refractivity contribution in [3.05, 3.63) is 53.3 Å². The minimum Gasteiger partial charge on any atom is -0.493 e. The van der Waals surface area contributed by atoms with Crippen LogP contribution in [0.3, 0.4) is 0 Å². The van der Waals surface area contributed by atoms with Gasteiger partial charge in [-0.05, 0) is 54.3 Å². The van der Waals surface area contributed by atoms with Crippen LogP contribution in [-0.4, -0.2) is 44.9 Å². The SMILES string of the molecule is COc1cc(C=C(C(=O)NCCCCCC(=O)NO)c2ccc(F)cc2)cc(OC)c1OC. The molecule has 0 atom stereocenters. The number of hydroxylamine groups is 1. The van der Waals surface area contributed by atoms with Gasteiger partial charge < -0.3 is 19.5 Å². The number of ether oxygens (including phenoxy) is 3. The van der Waals surface area contributed by atoms with Crippen LogP contribution in [0.25, 0.3) is 11.6 Å². The summed E-state index contributed by atoms with van der Waals surface area (Å²) in [6, 6.07) is 9.07. The molecule has 0 radical (unpaired) electrons.